The number of nitrogens with two attached hydrogens (primary N) is 1. The zero-order valence-corrected chi connectivity index (χ0v) is 11.5. The molecule has 0 saturated heterocycles. The normalized spacial score (nSPS) is 16.3. The Bertz CT molecular complexity index is 211. The molecule has 0 aliphatic heterocycles. The zero-order chi connectivity index (χ0) is 13.3. The molecule has 0 radical (unpaired) electrons. The molecular formula is C13H28N2O2. The standard InChI is InChI=1S/C13H28N2O2/c1-4-6-11(7-9-16)10-15-12(17)13(3,14)8-5-2/h11,16H,4-10,14H2,1-3H3,(H,15,17). The monoisotopic (exact) mass is 244 g/mol. The van der Waals surface area contributed by atoms with Crippen molar-refractivity contribution in [1.82, 2.24) is 5.32 Å². The molecule has 0 bridgehead atoms. The van der Waals surface area contributed by atoms with E-state index in [9.17, 15) is 4.79 Å². The lowest BCUT2D eigenvalue weighted by Crippen LogP contribution is -2.52. The highest BCUT2D eigenvalue weighted by Crippen LogP contribution is 2.12. The fourth-order valence-corrected chi connectivity index (χ4v) is 2.01. The summed E-state index contributed by atoms with van der Waals surface area (Å²) in [5.74, 6) is 0.268. The molecule has 0 heterocycles. The van der Waals surface area contributed by atoms with E-state index < -0.39 is 5.54 Å². The summed E-state index contributed by atoms with van der Waals surface area (Å²) in [7, 11) is 0. The maximum absolute atomic E-state index is 11.9. The molecule has 17 heavy (non-hydrogen) atoms. The van der Waals surface area contributed by atoms with Gasteiger partial charge in [0.2, 0.25) is 5.91 Å². The first-order chi connectivity index (χ1) is 7.97. The van der Waals surface area contributed by atoms with Gasteiger partial charge in [-0.05, 0) is 32.1 Å². The highest BCUT2D eigenvalue weighted by Gasteiger charge is 2.27. The number of amides is 1. The molecule has 0 rings (SSSR count). The number of carbonyl (C=O) groups excluding carboxylic acids is 1. The average Bonchev–Trinajstić information content (AvgIpc) is 2.26. The van der Waals surface area contributed by atoms with Crippen LogP contribution in [-0.4, -0.2) is 29.7 Å². The molecule has 4 heteroatoms. The van der Waals surface area contributed by atoms with E-state index in [4.69, 9.17) is 10.8 Å². The van der Waals surface area contributed by atoms with Crippen molar-refractivity contribution >= 4 is 5.91 Å². The van der Waals surface area contributed by atoms with Gasteiger partial charge in [0, 0.05) is 13.2 Å². The van der Waals surface area contributed by atoms with Crippen LogP contribution in [0.15, 0.2) is 0 Å². The van der Waals surface area contributed by atoms with E-state index in [0.717, 1.165) is 25.7 Å². The van der Waals surface area contributed by atoms with Gasteiger partial charge in [0.15, 0.2) is 0 Å². The van der Waals surface area contributed by atoms with Gasteiger partial charge in [-0.15, -0.1) is 0 Å². The molecule has 2 unspecified atom stereocenters. The van der Waals surface area contributed by atoms with E-state index in [2.05, 4.69) is 12.2 Å². The van der Waals surface area contributed by atoms with E-state index in [1.54, 1.807) is 6.92 Å². The number of nitrogens with one attached hydrogen (secondary N) is 1. The fraction of sp³-hybridized carbons (Fsp3) is 0.923. The van der Waals surface area contributed by atoms with Crippen molar-refractivity contribution in [3.05, 3.63) is 0 Å². The summed E-state index contributed by atoms with van der Waals surface area (Å²) in [6.07, 6.45) is 4.42. The molecular weight excluding hydrogens is 216 g/mol. The third-order valence-corrected chi connectivity index (χ3v) is 3.07. The zero-order valence-electron chi connectivity index (χ0n) is 11.5. The summed E-state index contributed by atoms with van der Waals surface area (Å²) >= 11 is 0. The van der Waals surface area contributed by atoms with Gasteiger partial charge in [-0.3, -0.25) is 4.79 Å². The van der Waals surface area contributed by atoms with Crippen molar-refractivity contribution < 1.29 is 9.90 Å². The van der Waals surface area contributed by atoms with Crippen LogP contribution in [0, 0.1) is 5.92 Å². The third kappa shape index (κ3) is 6.64. The summed E-state index contributed by atoms with van der Waals surface area (Å²) in [6.45, 7) is 6.69. The quantitative estimate of drug-likeness (QED) is 0.574. The van der Waals surface area contributed by atoms with Crippen LogP contribution in [0.4, 0.5) is 0 Å². The van der Waals surface area contributed by atoms with Crippen molar-refractivity contribution in [2.24, 2.45) is 11.7 Å². The topological polar surface area (TPSA) is 75.3 Å². The maximum Gasteiger partial charge on any atom is 0.239 e. The summed E-state index contributed by atoms with van der Waals surface area (Å²) in [5, 5.41) is 11.8. The number of carbonyl (C=O) groups is 1. The van der Waals surface area contributed by atoms with Crippen LogP contribution in [0.5, 0.6) is 0 Å². The molecule has 1 amide bonds. The van der Waals surface area contributed by atoms with E-state index in [1.165, 1.54) is 0 Å². The van der Waals surface area contributed by atoms with Crippen molar-refractivity contribution in [3.8, 4) is 0 Å². The number of hydrogen-bond donors (Lipinski definition) is 3. The van der Waals surface area contributed by atoms with Crippen LogP contribution in [0.3, 0.4) is 0 Å². The van der Waals surface area contributed by atoms with Crippen LogP contribution in [0.25, 0.3) is 0 Å². The first kappa shape index (κ1) is 16.4. The fourth-order valence-electron chi connectivity index (χ4n) is 2.01. The lowest BCUT2D eigenvalue weighted by atomic mass is 9.95. The predicted molar refractivity (Wildman–Crippen MR) is 70.6 cm³/mol. The first-order valence-corrected chi connectivity index (χ1v) is 6.66. The Hall–Kier alpha value is -0.610. The van der Waals surface area contributed by atoms with Crippen LogP contribution >= 0.6 is 0 Å². The Morgan fingerprint density at radius 3 is 2.47 bits per heavy atom. The molecule has 0 aromatic rings. The van der Waals surface area contributed by atoms with Crippen molar-refractivity contribution in [2.75, 3.05) is 13.2 Å². The molecule has 0 aliphatic carbocycles. The lowest BCUT2D eigenvalue weighted by molar-refractivity contribution is -0.126. The summed E-state index contributed by atoms with van der Waals surface area (Å²) in [4.78, 5) is 11.9. The summed E-state index contributed by atoms with van der Waals surface area (Å²) in [5.41, 5.74) is 5.17. The smallest absolute Gasteiger partial charge is 0.239 e. The van der Waals surface area contributed by atoms with E-state index >= 15 is 0 Å². The number of hydrogen-bond acceptors (Lipinski definition) is 3. The second-order valence-corrected chi connectivity index (χ2v) is 5.04. The van der Waals surface area contributed by atoms with Gasteiger partial charge in [0.25, 0.3) is 0 Å². The van der Waals surface area contributed by atoms with Gasteiger partial charge < -0.3 is 16.2 Å². The molecule has 0 fully saturated rings. The van der Waals surface area contributed by atoms with Crippen LogP contribution in [0.2, 0.25) is 0 Å². The Labute approximate surface area is 105 Å². The van der Waals surface area contributed by atoms with E-state index in [1.807, 2.05) is 6.92 Å². The lowest BCUT2D eigenvalue weighted by Gasteiger charge is -2.24. The average molecular weight is 244 g/mol. The molecule has 0 saturated carbocycles. The molecule has 102 valence electrons. The summed E-state index contributed by atoms with van der Waals surface area (Å²) < 4.78 is 0. The molecule has 2 atom stereocenters. The van der Waals surface area contributed by atoms with E-state index in [-0.39, 0.29) is 12.5 Å². The molecule has 0 spiro atoms. The maximum atomic E-state index is 11.9. The number of rotatable bonds is 9. The number of aliphatic hydroxyl groups is 1. The van der Waals surface area contributed by atoms with Gasteiger partial charge in [-0.1, -0.05) is 26.7 Å². The highest BCUT2D eigenvalue weighted by atomic mass is 16.3. The van der Waals surface area contributed by atoms with E-state index in [0.29, 0.717) is 18.9 Å². The van der Waals surface area contributed by atoms with Crippen LogP contribution in [-0.2, 0) is 4.79 Å². The Morgan fingerprint density at radius 1 is 1.35 bits per heavy atom. The van der Waals surface area contributed by atoms with Gasteiger partial charge in [-0.25, -0.2) is 0 Å². The SMILES string of the molecule is CCCC(CCO)CNC(=O)C(C)(N)CCC. The number of aliphatic hydroxyl groups excluding tert-OH is 1. The molecule has 4 nitrogen and oxygen atoms in total. The Balaban J connectivity index is 4.10. The minimum absolute atomic E-state index is 0.0848. The highest BCUT2D eigenvalue weighted by molar-refractivity contribution is 5.85. The van der Waals surface area contributed by atoms with Crippen molar-refractivity contribution in [3.63, 3.8) is 0 Å². The van der Waals surface area contributed by atoms with Crippen LogP contribution < -0.4 is 11.1 Å². The Morgan fingerprint density at radius 2 is 2.00 bits per heavy atom. The molecule has 0 aromatic carbocycles. The second-order valence-electron chi connectivity index (χ2n) is 5.04. The van der Waals surface area contributed by atoms with Crippen molar-refractivity contribution in [1.29, 1.82) is 0 Å². The molecule has 4 N–H and O–H groups in total. The second kappa shape index (κ2) is 8.48. The van der Waals surface area contributed by atoms with Gasteiger partial charge in [0.05, 0.1) is 5.54 Å². The minimum Gasteiger partial charge on any atom is -0.396 e. The summed E-state index contributed by atoms with van der Waals surface area (Å²) in [6, 6.07) is 0. The van der Waals surface area contributed by atoms with Gasteiger partial charge in [-0.2, -0.15) is 0 Å². The van der Waals surface area contributed by atoms with Crippen molar-refractivity contribution in [2.45, 2.75) is 58.4 Å². The first-order valence-electron chi connectivity index (χ1n) is 6.66. The van der Waals surface area contributed by atoms with Gasteiger partial charge >= 0.3 is 0 Å². The minimum atomic E-state index is -0.773. The Kier molecular flexibility index (Phi) is 8.17. The predicted octanol–water partition coefficient (Wildman–Crippen LogP) is 1.42. The third-order valence-electron chi connectivity index (χ3n) is 3.07. The largest absolute Gasteiger partial charge is 0.396 e. The van der Waals surface area contributed by atoms with Crippen LogP contribution in [0.1, 0.15) is 52.9 Å². The molecule has 0 aliphatic rings. The van der Waals surface area contributed by atoms with Gasteiger partial charge in [0.1, 0.15) is 0 Å². The molecule has 0 aromatic heterocycles.